The minimum Gasteiger partial charge on any atom is -0.507 e. The molecule has 3 N–H and O–H groups in total. The van der Waals surface area contributed by atoms with Crippen molar-refractivity contribution in [1.29, 1.82) is 0 Å². The fraction of sp³-hybridized carbons (Fsp3) is 0.200. The number of hydrogen-bond donors (Lipinski definition) is 2. The van der Waals surface area contributed by atoms with E-state index in [0.717, 1.165) is 22.3 Å². The van der Waals surface area contributed by atoms with Crippen molar-refractivity contribution in [2.75, 3.05) is 0 Å². The fourth-order valence-electron chi connectivity index (χ4n) is 1.91. The maximum Gasteiger partial charge on any atom is 0.123 e. The monoisotopic (exact) mass is 227 g/mol. The number of aryl methyl sites for hydroxylation is 1. The van der Waals surface area contributed by atoms with E-state index in [4.69, 9.17) is 5.73 Å². The molecule has 88 valence electrons. The van der Waals surface area contributed by atoms with Crippen molar-refractivity contribution >= 4 is 0 Å². The highest BCUT2D eigenvalue weighted by atomic mass is 16.3. The van der Waals surface area contributed by atoms with E-state index in [1.165, 1.54) is 0 Å². The smallest absolute Gasteiger partial charge is 0.123 e. The lowest BCUT2D eigenvalue weighted by Crippen LogP contribution is -2.05. The van der Waals surface area contributed by atoms with Gasteiger partial charge in [0, 0.05) is 11.6 Å². The summed E-state index contributed by atoms with van der Waals surface area (Å²) in [7, 11) is 0. The number of rotatable bonds is 2. The Hall–Kier alpha value is -1.80. The van der Waals surface area contributed by atoms with Crippen molar-refractivity contribution in [3.8, 4) is 16.9 Å². The average molecular weight is 227 g/mol. The molecule has 0 saturated carbocycles. The van der Waals surface area contributed by atoms with Gasteiger partial charge in [-0.15, -0.1) is 0 Å². The number of benzene rings is 2. The number of aromatic hydroxyl groups is 1. The molecule has 0 heterocycles. The maximum absolute atomic E-state index is 9.89. The normalized spacial score (nSPS) is 12.4. The second-order valence-corrected chi connectivity index (χ2v) is 4.38. The Morgan fingerprint density at radius 3 is 2.41 bits per heavy atom. The highest BCUT2D eigenvalue weighted by Gasteiger charge is 2.08. The molecular formula is C15H17NO. The van der Waals surface area contributed by atoms with Crippen molar-refractivity contribution < 1.29 is 5.11 Å². The fourth-order valence-corrected chi connectivity index (χ4v) is 1.91. The van der Waals surface area contributed by atoms with Crippen LogP contribution in [0, 0.1) is 6.92 Å². The molecule has 17 heavy (non-hydrogen) atoms. The van der Waals surface area contributed by atoms with Crippen LogP contribution in [0.5, 0.6) is 5.75 Å². The van der Waals surface area contributed by atoms with Gasteiger partial charge in [0.2, 0.25) is 0 Å². The first-order valence-electron chi connectivity index (χ1n) is 5.74. The zero-order valence-electron chi connectivity index (χ0n) is 10.1. The minimum atomic E-state index is 0.000190. The van der Waals surface area contributed by atoms with Crippen LogP contribution in [-0.2, 0) is 0 Å². The molecular weight excluding hydrogens is 210 g/mol. The van der Waals surface area contributed by atoms with Gasteiger partial charge < -0.3 is 10.8 Å². The molecule has 0 fully saturated rings. The van der Waals surface area contributed by atoms with Gasteiger partial charge in [0.25, 0.3) is 0 Å². The second-order valence-electron chi connectivity index (χ2n) is 4.38. The number of para-hydroxylation sites is 1. The molecule has 0 aliphatic heterocycles. The molecule has 0 bridgehead atoms. The van der Waals surface area contributed by atoms with E-state index in [1.54, 1.807) is 6.07 Å². The van der Waals surface area contributed by atoms with Crippen molar-refractivity contribution in [1.82, 2.24) is 0 Å². The first-order valence-corrected chi connectivity index (χ1v) is 5.74. The van der Waals surface area contributed by atoms with Gasteiger partial charge in [-0.3, -0.25) is 0 Å². The van der Waals surface area contributed by atoms with Gasteiger partial charge in [0.1, 0.15) is 5.75 Å². The summed E-state index contributed by atoms with van der Waals surface area (Å²) >= 11 is 0. The summed E-state index contributed by atoms with van der Waals surface area (Å²) < 4.78 is 0. The summed E-state index contributed by atoms with van der Waals surface area (Å²) in [6.07, 6.45) is 0. The van der Waals surface area contributed by atoms with E-state index in [0.29, 0.717) is 5.75 Å². The van der Waals surface area contributed by atoms with Crippen LogP contribution < -0.4 is 5.73 Å². The standard InChI is InChI=1S/C15H17NO/c1-10-7-8-12(11(2)16)9-14(10)13-5-3-4-6-15(13)17/h3-9,11,17H,16H2,1-2H3. The van der Waals surface area contributed by atoms with Crippen LogP contribution >= 0.6 is 0 Å². The van der Waals surface area contributed by atoms with Crippen LogP contribution in [0.25, 0.3) is 11.1 Å². The summed E-state index contributed by atoms with van der Waals surface area (Å²) in [6, 6.07) is 13.5. The number of hydrogen-bond acceptors (Lipinski definition) is 2. The lowest BCUT2D eigenvalue weighted by atomic mass is 9.95. The van der Waals surface area contributed by atoms with Crippen LogP contribution in [0.4, 0.5) is 0 Å². The Morgan fingerprint density at radius 2 is 1.76 bits per heavy atom. The molecule has 0 aliphatic carbocycles. The number of nitrogens with two attached hydrogens (primary N) is 1. The predicted molar refractivity (Wildman–Crippen MR) is 70.9 cm³/mol. The first-order chi connectivity index (χ1) is 8.09. The molecule has 1 atom stereocenters. The lowest BCUT2D eigenvalue weighted by molar-refractivity contribution is 0.477. The SMILES string of the molecule is Cc1ccc(C(C)N)cc1-c1ccccc1O. The van der Waals surface area contributed by atoms with Crippen LogP contribution in [0.3, 0.4) is 0 Å². The van der Waals surface area contributed by atoms with Crippen molar-refractivity contribution in [2.24, 2.45) is 5.73 Å². The summed E-state index contributed by atoms with van der Waals surface area (Å²) in [5.74, 6) is 0.303. The van der Waals surface area contributed by atoms with Crippen LogP contribution in [-0.4, -0.2) is 5.11 Å². The molecule has 2 aromatic rings. The third-order valence-corrected chi connectivity index (χ3v) is 2.98. The quantitative estimate of drug-likeness (QED) is 0.826. The molecule has 0 saturated heterocycles. The molecule has 2 nitrogen and oxygen atoms in total. The lowest BCUT2D eigenvalue weighted by Gasteiger charge is -2.12. The summed E-state index contributed by atoms with van der Waals surface area (Å²) in [5.41, 5.74) is 9.99. The van der Waals surface area contributed by atoms with E-state index in [1.807, 2.05) is 44.2 Å². The zero-order chi connectivity index (χ0) is 12.4. The summed E-state index contributed by atoms with van der Waals surface area (Å²) in [4.78, 5) is 0. The molecule has 0 amide bonds. The molecule has 2 heteroatoms. The Morgan fingerprint density at radius 1 is 1.06 bits per heavy atom. The summed E-state index contributed by atoms with van der Waals surface area (Å²) in [6.45, 7) is 3.99. The van der Waals surface area contributed by atoms with Gasteiger partial charge in [-0.25, -0.2) is 0 Å². The highest BCUT2D eigenvalue weighted by Crippen LogP contribution is 2.32. The van der Waals surface area contributed by atoms with Crippen molar-refractivity contribution in [2.45, 2.75) is 19.9 Å². The van der Waals surface area contributed by atoms with Gasteiger partial charge in [-0.1, -0.05) is 30.3 Å². The van der Waals surface area contributed by atoms with E-state index in [2.05, 4.69) is 6.07 Å². The van der Waals surface area contributed by atoms with Gasteiger partial charge in [0.05, 0.1) is 0 Å². The third-order valence-electron chi connectivity index (χ3n) is 2.98. The largest absolute Gasteiger partial charge is 0.507 e. The average Bonchev–Trinajstić information content (AvgIpc) is 2.30. The number of phenolic OH excluding ortho intramolecular Hbond substituents is 1. The van der Waals surface area contributed by atoms with E-state index >= 15 is 0 Å². The van der Waals surface area contributed by atoms with Gasteiger partial charge >= 0.3 is 0 Å². The molecule has 0 radical (unpaired) electrons. The maximum atomic E-state index is 9.89. The molecule has 0 spiro atoms. The van der Waals surface area contributed by atoms with Gasteiger partial charge in [-0.2, -0.15) is 0 Å². The van der Waals surface area contributed by atoms with Gasteiger partial charge in [0.15, 0.2) is 0 Å². The minimum absolute atomic E-state index is 0.000190. The Balaban J connectivity index is 2.59. The topological polar surface area (TPSA) is 46.2 Å². The molecule has 0 aliphatic rings. The molecule has 2 aromatic carbocycles. The highest BCUT2D eigenvalue weighted by molar-refractivity contribution is 5.73. The van der Waals surface area contributed by atoms with E-state index in [9.17, 15) is 5.11 Å². The van der Waals surface area contributed by atoms with Crippen LogP contribution in [0.1, 0.15) is 24.1 Å². The number of phenols is 1. The van der Waals surface area contributed by atoms with E-state index < -0.39 is 0 Å². The Bertz CT molecular complexity index is 532. The van der Waals surface area contributed by atoms with Crippen LogP contribution in [0.2, 0.25) is 0 Å². The van der Waals surface area contributed by atoms with Gasteiger partial charge in [-0.05, 0) is 42.7 Å². The molecule has 1 unspecified atom stereocenters. The third kappa shape index (κ3) is 2.32. The van der Waals surface area contributed by atoms with Crippen molar-refractivity contribution in [3.05, 3.63) is 53.6 Å². The first kappa shape index (κ1) is 11.7. The summed E-state index contributed by atoms with van der Waals surface area (Å²) in [5, 5.41) is 9.89. The zero-order valence-corrected chi connectivity index (χ0v) is 10.1. The Labute approximate surface area is 102 Å². The second kappa shape index (κ2) is 4.60. The predicted octanol–water partition coefficient (Wildman–Crippen LogP) is 3.39. The molecule has 0 aromatic heterocycles. The molecule has 2 rings (SSSR count). The van der Waals surface area contributed by atoms with E-state index in [-0.39, 0.29) is 6.04 Å². The Kier molecular flexibility index (Phi) is 3.16. The van der Waals surface area contributed by atoms with Crippen LogP contribution in [0.15, 0.2) is 42.5 Å². The van der Waals surface area contributed by atoms with Crippen molar-refractivity contribution in [3.63, 3.8) is 0 Å².